The monoisotopic (exact) mass is 305 g/mol. The van der Waals surface area contributed by atoms with Gasteiger partial charge in [-0.05, 0) is 18.2 Å². The van der Waals surface area contributed by atoms with Gasteiger partial charge in [0, 0.05) is 11.8 Å². The fourth-order valence-corrected chi connectivity index (χ4v) is 1.95. The average molecular weight is 305 g/mol. The molecule has 0 radical (unpaired) electrons. The van der Waals surface area contributed by atoms with Gasteiger partial charge in [-0.3, -0.25) is 9.78 Å². The molecule has 0 unspecified atom stereocenters. The maximum Gasteiger partial charge on any atom is 0.258 e. The van der Waals surface area contributed by atoms with Crippen molar-refractivity contribution >= 4 is 28.8 Å². The Bertz CT molecular complexity index is 706. The summed E-state index contributed by atoms with van der Waals surface area (Å²) < 4.78 is 18.7. The number of carbonyl (C=O) groups is 1. The van der Waals surface area contributed by atoms with Crippen LogP contribution in [0, 0.1) is 5.82 Å². The molecule has 0 aliphatic carbocycles. The second kappa shape index (κ2) is 6.27. The number of nitrogens with two attached hydrogens (primary N) is 1. The topological polar surface area (TPSA) is 77.2 Å². The third-order valence-corrected chi connectivity index (χ3v) is 2.99. The molecule has 0 bridgehead atoms. The largest absolute Gasteiger partial charge is 0.495 e. The Kier molecular flexibility index (Phi) is 4.44. The number of anilines is 1. The van der Waals surface area contributed by atoms with Crippen molar-refractivity contribution < 1.29 is 13.9 Å². The molecule has 0 atom stereocenters. The second-order valence-electron chi connectivity index (χ2n) is 4.06. The van der Waals surface area contributed by atoms with Crippen molar-refractivity contribution in [3.8, 4) is 5.75 Å². The number of para-hydroxylation sites is 1. The van der Waals surface area contributed by atoms with E-state index < -0.39 is 11.7 Å². The normalized spacial score (nSPS) is 10.0. The zero-order valence-corrected chi connectivity index (χ0v) is 11.9. The number of nitrogens with zero attached hydrogens (tertiary/aromatic N) is 1. The van der Waals surface area contributed by atoms with Gasteiger partial charge in [-0.1, -0.05) is 18.3 Å². The third-order valence-electron chi connectivity index (χ3n) is 2.77. The molecule has 0 aliphatic rings. The highest BCUT2D eigenvalue weighted by molar-refractivity contribution is 7.80. The molecule has 0 spiro atoms. The lowest BCUT2D eigenvalue weighted by Crippen LogP contribution is -2.19. The molecule has 5 nitrogen and oxygen atoms in total. The number of methoxy groups -OCH3 is 1. The highest BCUT2D eigenvalue weighted by Gasteiger charge is 2.17. The molecular formula is C14H12FN3O2S. The van der Waals surface area contributed by atoms with Crippen molar-refractivity contribution in [1.82, 2.24) is 4.98 Å². The predicted octanol–water partition coefficient (Wildman–Crippen LogP) is 2.12. The molecule has 0 aliphatic heterocycles. The van der Waals surface area contributed by atoms with Gasteiger partial charge < -0.3 is 15.8 Å². The lowest BCUT2D eigenvalue weighted by atomic mass is 10.1. The average Bonchev–Trinajstić information content (AvgIpc) is 2.47. The number of amides is 1. The minimum Gasteiger partial charge on any atom is -0.495 e. The van der Waals surface area contributed by atoms with Crippen LogP contribution in [0.2, 0.25) is 0 Å². The Morgan fingerprint density at radius 3 is 2.76 bits per heavy atom. The fourth-order valence-electron chi connectivity index (χ4n) is 1.78. The summed E-state index contributed by atoms with van der Waals surface area (Å²) in [5, 5.41) is 2.57. The van der Waals surface area contributed by atoms with E-state index in [1.165, 1.54) is 19.4 Å². The molecule has 2 rings (SSSR count). The lowest BCUT2D eigenvalue weighted by Gasteiger charge is -2.14. The third kappa shape index (κ3) is 3.14. The van der Waals surface area contributed by atoms with E-state index in [0.717, 1.165) is 6.20 Å². The number of hydrogen-bond donors (Lipinski definition) is 2. The van der Waals surface area contributed by atoms with Gasteiger partial charge in [0.2, 0.25) is 0 Å². The molecular weight excluding hydrogens is 293 g/mol. The molecule has 21 heavy (non-hydrogen) atoms. The number of aromatic nitrogens is 1. The number of carbonyl (C=O) groups excluding carboxylic acids is 1. The van der Waals surface area contributed by atoms with Crippen LogP contribution in [-0.2, 0) is 0 Å². The first-order valence-corrected chi connectivity index (χ1v) is 6.33. The number of pyridine rings is 1. The van der Waals surface area contributed by atoms with Crippen LogP contribution in [0.5, 0.6) is 5.75 Å². The van der Waals surface area contributed by atoms with Gasteiger partial charge in [-0.25, -0.2) is 4.39 Å². The molecule has 0 saturated carbocycles. The Hall–Kier alpha value is -2.54. The summed E-state index contributed by atoms with van der Waals surface area (Å²) in [5.41, 5.74) is 6.23. The van der Waals surface area contributed by atoms with Crippen LogP contribution >= 0.6 is 12.2 Å². The molecule has 0 fully saturated rings. The van der Waals surface area contributed by atoms with E-state index in [1.807, 2.05) is 0 Å². The summed E-state index contributed by atoms with van der Waals surface area (Å²) >= 11 is 4.94. The van der Waals surface area contributed by atoms with Gasteiger partial charge in [0.05, 0.1) is 24.6 Å². The summed E-state index contributed by atoms with van der Waals surface area (Å²) in [6.07, 6.45) is 2.29. The number of ether oxygens (including phenoxy) is 1. The summed E-state index contributed by atoms with van der Waals surface area (Å²) in [6, 6.07) is 6.25. The van der Waals surface area contributed by atoms with Crippen molar-refractivity contribution in [3.05, 3.63) is 53.6 Å². The van der Waals surface area contributed by atoms with Crippen LogP contribution in [0.1, 0.15) is 15.9 Å². The van der Waals surface area contributed by atoms with E-state index in [0.29, 0.717) is 17.0 Å². The zero-order chi connectivity index (χ0) is 15.4. The summed E-state index contributed by atoms with van der Waals surface area (Å²) in [4.78, 5) is 15.8. The molecule has 1 aromatic heterocycles. The number of nitrogens with one attached hydrogen (secondary N) is 1. The number of halogens is 1. The first-order chi connectivity index (χ1) is 10.0. The lowest BCUT2D eigenvalue weighted by molar-refractivity contribution is 0.102. The summed E-state index contributed by atoms with van der Waals surface area (Å²) in [7, 11) is 1.45. The fraction of sp³-hybridized carbons (Fsp3) is 0.0714. The SMILES string of the molecule is COc1cccc(C(N)=S)c1NC(=O)c1ccncc1F. The first-order valence-electron chi connectivity index (χ1n) is 5.92. The highest BCUT2D eigenvalue weighted by Crippen LogP contribution is 2.29. The van der Waals surface area contributed by atoms with Crippen LogP contribution < -0.4 is 15.8 Å². The number of hydrogen-bond acceptors (Lipinski definition) is 4. The van der Waals surface area contributed by atoms with Crippen LogP contribution in [0.3, 0.4) is 0 Å². The second-order valence-corrected chi connectivity index (χ2v) is 4.50. The Morgan fingerprint density at radius 2 is 2.14 bits per heavy atom. The van der Waals surface area contributed by atoms with Gasteiger partial charge in [0.25, 0.3) is 5.91 Å². The molecule has 2 aromatic rings. The minimum absolute atomic E-state index is 0.0967. The smallest absolute Gasteiger partial charge is 0.258 e. The van der Waals surface area contributed by atoms with Crippen molar-refractivity contribution in [1.29, 1.82) is 0 Å². The van der Waals surface area contributed by atoms with Gasteiger partial charge >= 0.3 is 0 Å². The quantitative estimate of drug-likeness (QED) is 0.846. The molecule has 7 heteroatoms. The van der Waals surface area contributed by atoms with Crippen molar-refractivity contribution in [2.24, 2.45) is 5.73 Å². The number of benzene rings is 1. The molecule has 1 aromatic carbocycles. The standard InChI is InChI=1S/C14H12FN3O2S/c1-20-11-4-2-3-9(13(16)21)12(11)18-14(19)8-5-6-17-7-10(8)15/h2-7H,1H3,(H2,16,21)(H,18,19). The first kappa shape index (κ1) is 14.9. The number of thiocarbonyl (C=S) groups is 1. The van der Waals surface area contributed by atoms with Crippen LogP contribution in [-0.4, -0.2) is 23.0 Å². The summed E-state index contributed by atoms with van der Waals surface area (Å²) in [5.74, 6) is -0.984. The van der Waals surface area contributed by atoms with Crippen molar-refractivity contribution in [2.45, 2.75) is 0 Å². The molecule has 1 amide bonds. The van der Waals surface area contributed by atoms with E-state index in [-0.39, 0.29) is 10.6 Å². The Labute approximate surface area is 125 Å². The molecule has 1 heterocycles. The van der Waals surface area contributed by atoms with Crippen molar-refractivity contribution in [2.75, 3.05) is 12.4 Å². The van der Waals surface area contributed by atoms with Gasteiger partial charge in [-0.15, -0.1) is 0 Å². The van der Waals surface area contributed by atoms with E-state index in [4.69, 9.17) is 22.7 Å². The molecule has 0 saturated heterocycles. The van der Waals surface area contributed by atoms with Gasteiger partial charge in [0.15, 0.2) is 5.82 Å². The molecule has 3 N–H and O–H groups in total. The Balaban J connectivity index is 2.41. The highest BCUT2D eigenvalue weighted by atomic mass is 32.1. The number of rotatable bonds is 4. The van der Waals surface area contributed by atoms with E-state index in [9.17, 15) is 9.18 Å². The zero-order valence-electron chi connectivity index (χ0n) is 11.1. The molecule has 108 valence electrons. The minimum atomic E-state index is -0.721. The summed E-state index contributed by atoms with van der Waals surface area (Å²) in [6.45, 7) is 0. The van der Waals surface area contributed by atoms with E-state index in [2.05, 4.69) is 10.3 Å². The van der Waals surface area contributed by atoms with Gasteiger partial charge in [0.1, 0.15) is 10.7 Å². The predicted molar refractivity (Wildman–Crippen MR) is 81.0 cm³/mol. The van der Waals surface area contributed by atoms with Gasteiger partial charge in [-0.2, -0.15) is 0 Å². The van der Waals surface area contributed by atoms with E-state index in [1.54, 1.807) is 18.2 Å². The van der Waals surface area contributed by atoms with Crippen LogP contribution in [0.15, 0.2) is 36.7 Å². The maximum absolute atomic E-state index is 13.6. The maximum atomic E-state index is 13.6. The van der Waals surface area contributed by atoms with E-state index >= 15 is 0 Å². The Morgan fingerprint density at radius 1 is 1.38 bits per heavy atom. The van der Waals surface area contributed by atoms with Crippen LogP contribution in [0.25, 0.3) is 0 Å². The van der Waals surface area contributed by atoms with Crippen molar-refractivity contribution in [3.63, 3.8) is 0 Å². The van der Waals surface area contributed by atoms with Crippen LogP contribution in [0.4, 0.5) is 10.1 Å².